The summed E-state index contributed by atoms with van der Waals surface area (Å²) in [6.45, 7) is 8.45. The first-order valence-electron chi connectivity index (χ1n) is 7.34. The first kappa shape index (κ1) is 13.9. The van der Waals surface area contributed by atoms with E-state index in [9.17, 15) is 0 Å². The summed E-state index contributed by atoms with van der Waals surface area (Å²) >= 11 is 0. The van der Waals surface area contributed by atoms with Crippen LogP contribution in [0, 0.1) is 6.92 Å². The SMILES string of the molecule is Cc1ccc(C2=NC(C)(C)[C@](C)(c3ccccc3)O2)cc1. The molecule has 0 N–H and O–H groups in total. The van der Waals surface area contributed by atoms with Gasteiger partial charge in [0.15, 0.2) is 5.60 Å². The van der Waals surface area contributed by atoms with Crippen LogP contribution in [0.2, 0.25) is 0 Å². The van der Waals surface area contributed by atoms with Crippen LogP contribution < -0.4 is 0 Å². The Morgan fingerprint density at radius 2 is 1.48 bits per heavy atom. The van der Waals surface area contributed by atoms with Gasteiger partial charge < -0.3 is 4.74 Å². The van der Waals surface area contributed by atoms with Crippen molar-refractivity contribution in [2.24, 2.45) is 4.99 Å². The average Bonchev–Trinajstić information content (AvgIpc) is 2.72. The average molecular weight is 279 g/mol. The van der Waals surface area contributed by atoms with Crippen molar-refractivity contribution < 1.29 is 4.74 Å². The predicted molar refractivity (Wildman–Crippen MR) is 86.7 cm³/mol. The van der Waals surface area contributed by atoms with Crippen LogP contribution in [-0.2, 0) is 10.3 Å². The molecule has 0 aromatic heterocycles. The monoisotopic (exact) mass is 279 g/mol. The van der Waals surface area contributed by atoms with Gasteiger partial charge in [-0.15, -0.1) is 0 Å². The number of hydrogen-bond donors (Lipinski definition) is 0. The molecule has 0 unspecified atom stereocenters. The van der Waals surface area contributed by atoms with Crippen molar-refractivity contribution in [3.05, 3.63) is 71.3 Å². The van der Waals surface area contributed by atoms with Gasteiger partial charge in [0, 0.05) is 5.56 Å². The molecule has 1 aliphatic heterocycles. The quantitative estimate of drug-likeness (QED) is 0.795. The highest BCUT2D eigenvalue weighted by molar-refractivity contribution is 5.96. The van der Waals surface area contributed by atoms with E-state index in [2.05, 4.69) is 64.1 Å². The lowest BCUT2D eigenvalue weighted by atomic mass is 9.80. The molecule has 0 saturated carbocycles. The number of hydrogen-bond acceptors (Lipinski definition) is 2. The van der Waals surface area contributed by atoms with Crippen LogP contribution in [-0.4, -0.2) is 11.4 Å². The number of ether oxygens (including phenoxy) is 1. The minimum atomic E-state index is -0.450. The topological polar surface area (TPSA) is 21.6 Å². The molecular formula is C19H21NO. The Hall–Kier alpha value is -2.09. The summed E-state index contributed by atoms with van der Waals surface area (Å²) in [7, 11) is 0. The van der Waals surface area contributed by atoms with E-state index in [1.54, 1.807) is 0 Å². The van der Waals surface area contributed by atoms with Gasteiger partial charge in [0.25, 0.3) is 0 Å². The highest BCUT2D eigenvalue weighted by atomic mass is 16.5. The van der Waals surface area contributed by atoms with Gasteiger partial charge in [-0.25, -0.2) is 4.99 Å². The lowest BCUT2D eigenvalue weighted by molar-refractivity contribution is 0.0387. The number of nitrogens with zero attached hydrogens (tertiary/aromatic N) is 1. The molecule has 1 aliphatic rings. The molecule has 2 heteroatoms. The second kappa shape index (κ2) is 4.73. The number of aliphatic imine (C=N–C) groups is 1. The second-order valence-corrected chi connectivity index (χ2v) is 6.34. The van der Waals surface area contributed by atoms with E-state index in [0.717, 1.165) is 17.0 Å². The van der Waals surface area contributed by atoms with Gasteiger partial charge in [0.2, 0.25) is 5.90 Å². The Morgan fingerprint density at radius 1 is 0.857 bits per heavy atom. The Balaban J connectivity index is 2.00. The molecule has 2 nitrogen and oxygen atoms in total. The molecule has 2 aromatic carbocycles. The van der Waals surface area contributed by atoms with E-state index in [4.69, 9.17) is 9.73 Å². The molecule has 0 fully saturated rings. The predicted octanol–water partition coefficient (Wildman–Crippen LogP) is 4.47. The highest BCUT2D eigenvalue weighted by Gasteiger charge is 2.50. The molecule has 0 aliphatic carbocycles. The molecule has 0 saturated heterocycles. The summed E-state index contributed by atoms with van der Waals surface area (Å²) in [5, 5.41) is 0. The molecule has 108 valence electrons. The highest BCUT2D eigenvalue weighted by Crippen LogP contribution is 2.44. The number of rotatable bonds is 2. The van der Waals surface area contributed by atoms with Crippen molar-refractivity contribution in [1.82, 2.24) is 0 Å². The maximum Gasteiger partial charge on any atom is 0.217 e. The lowest BCUT2D eigenvalue weighted by Gasteiger charge is -2.35. The third-order valence-corrected chi connectivity index (χ3v) is 4.47. The summed E-state index contributed by atoms with van der Waals surface area (Å²) < 4.78 is 6.33. The zero-order valence-corrected chi connectivity index (χ0v) is 13.1. The minimum Gasteiger partial charge on any atom is -0.464 e. The Bertz CT molecular complexity index is 670. The van der Waals surface area contributed by atoms with Gasteiger partial charge in [-0.3, -0.25) is 0 Å². The largest absolute Gasteiger partial charge is 0.464 e. The molecule has 3 rings (SSSR count). The van der Waals surface area contributed by atoms with Crippen molar-refractivity contribution in [2.45, 2.75) is 38.8 Å². The number of aryl methyl sites for hydroxylation is 1. The van der Waals surface area contributed by atoms with Crippen molar-refractivity contribution in [2.75, 3.05) is 0 Å². The van der Waals surface area contributed by atoms with E-state index >= 15 is 0 Å². The molecule has 0 bridgehead atoms. The van der Waals surface area contributed by atoms with Crippen LogP contribution in [0.15, 0.2) is 59.6 Å². The lowest BCUT2D eigenvalue weighted by Crippen LogP contribution is -2.41. The summed E-state index contributed by atoms with van der Waals surface area (Å²) in [6, 6.07) is 18.6. The minimum absolute atomic E-state index is 0.311. The van der Waals surface area contributed by atoms with Crippen LogP contribution in [0.25, 0.3) is 0 Å². The first-order chi connectivity index (χ1) is 9.92. The molecule has 0 amide bonds. The van der Waals surface area contributed by atoms with Crippen LogP contribution in [0.4, 0.5) is 0 Å². The summed E-state index contributed by atoms with van der Waals surface area (Å²) in [6.07, 6.45) is 0. The second-order valence-electron chi connectivity index (χ2n) is 6.34. The molecule has 0 radical (unpaired) electrons. The summed E-state index contributed by atoms with van der Waals surface area (Å²) in [5.74, 6) is 0.728. The normalized spacial score (nSPS) is 23.5. The fraction of sp³-hybridized carbons (Fsp3) is 0.316. The third kappa shape index (κ3) is 2.25. The standard InChI is InChI=1S/C19H21NO/c1-14-10-12-15(13-11-14)17-20-18(2,3)19(4,21-17)16-8-6-5-7-9-16/h5-13H,1-4H3/t19-/m0/s1. The van der Waals surface area contributed by atoms with E-state index in [0.29, 0.717) is 0 Å². The Kier molecular flexibility index (Phi) is 3.12. The summed E-state index contributed by atoms with van der Waals surface area (Å²) in [4.78, 5) is 4.84. The van der Waals surface area contributed by atoms with Gasteiger partial charge in [-0.2, -0.15) is 0 Å². The fourth-order valence-corrected chi connectivity index (χ4v) is 2.69. The molecular weight excluding hydrogens is 258 g/mol. The summed E-state index contributed by atoms with van der Waals surface area (Å²) in [5.41, 5.74) is 2.67. The van der Waals surface area contributed by atoms with E-state index in [-0.39, 0.29) is 5.54 Å². The molecule has 1 heterocycles. The number of benzene rings is 2. The maximum absolute atomic E-state index is 6.33. The van der Waals surface area contributed by atoms with Crippen LogP contribution in [0.1, 0.15) is 37.5 Å². The molecule has 2 aromatic rings. The van der Waals surface area contributed by atoms with Gasteiger partial charge in [-0.05, 0) is 45.4 Å². The molecule has 21 heavy (non-hydrogen) atoms. The van der Waals surface area contributed by atoms with Gasteiger partial charge >= 0.3 is 0 Å². The first-order valence-corrected chi connectivity index (χ1v) is 7.34. The van der Waals surface area contributed by atoms with E-state index in [1.807, 2.05) is 18.2 Å². The van der Waals surface area contributed by atoms with Gasteiger partial charge in [0.1, 0.15) is 5.54 Å². The van der Waals surface area contributed by atoms with Crippen molar-refractivity contribution in [1.29, 1.82) is 0 Å². The maximum atomic E-state index is 6.33. The Morgan fingerprint density at radius 3 is 2.10 bits per heavy atom. The van der Waals surface area contributed by atoms with Crippen molar-refractivity contribution in [3.8, 4) is 0 Å². The van der Waals surface area contributed by atoms with Crippen LogP contribution in [0.3, 0.4) is 0 Å². The van der Waals surface area contributed by atoms with E-state index in [1.165, 1.54) is 5.56 Å². The fourth-order valence-electron chi connectivity index (χ4n) is 2.69. The van der Waals surface area contributed by atoms with Gasteiger partial charge in [-0.1, -0.05) is 48.0 Å². The van der Waals surface area contributed by atoms with Gasteiger partial charge in [0.05, 0.1) is 0 Å². The zero-order chi connectivity index (χ0) is 15.1. The third-order valence-electron chi connectivity index (χ3n) is 4.47. The zero-order valence-electron chi connectivity index (χ0n) is 13.1. The Labute approximate surface area is 126 Å². The van der Waals surface area contributed by atoms with Crippen LogP contribution >= 0.6 is 0 Å². The van der Waals surface area contributed by atoms with Crippen molar-refractivity contribution >= 4 is 5.90 Å². The van der Waals surface area contributed by atoms with E-state index < -0.39 is 5.60 Å². The smallest absolute Gasteiger partial charge is 0.217 e. The van der Waals surface area contributed by atoms with Crippen molar-refractivity contribution in [3.63, 3.8) is 0 Å². The molecule has 1 atom stereocenters. The molecule has 0 spiro atoms. The van der Waals surface area contributed by atoms with Crippen LogP contribution in [0.5, 0.6) is 0 Å².